The number of benzene rings is 1. The van der Waals surface area contributed by atoms with Crippen LogP contribution in [-0.2, 0) is 11.3 Å². The van der Waals surface area contributed by atoms with Gasteiger partial charge in [-0.15, -0.1) is 0 Å². The summed E-state index contributed by atoms with van der Waals surface area (Å²) in [6.45, 7) is 1.27. The highest BCUT2D eigenvalue weighted by Gasteiger charge is 2.52. The lowest BCUT2D eigenvalue weighted by Gasteiger charge is -2.19. The number of hydrogen-bond acceptors (Lipinski definition) is 3. The molecule has 19 heavy (non-hydrogen) atoms. The summed E-state index contributed by atoms with van der Waals surface area (Å²) < 4.78 is 13.1. The molecule has 2 aliphatic rings. The molecule has 0 aromatic heterocycles. The van der Waals surface area contributed by atoms with Crippen molar-refractivity contribution in [2.75, 3.05) is 13.1 Å². The second kappa shape index (κ2) is 4.31. The van der Waals surface area contributed by atoms with Gasteiger partial charge in [-0.05, 0) is 30.7 Å². The summed E-state index contributed by atoms with van der Waals surface area (Å²) in [5.74, 6) is -0.603. The molecule has 0 radical (unpaired) electrons. The Labute approximate surface area is 109 Å². The van der Waals surface area contributed by atoms with E-state index in [2.05, 4.69) is 10.6 Å². The van der Waals surface area contributed by atoms with Gasteiger partial charge in [0.1, 0.15) is 11.4 Å². The van der Waals surface area contributed by atoms with E-state index in [4.69, 9.17) is 0 Å². The fourth-order valence-corrected chi connectivity index (χ4v) is 2.62. The van der Waals surface area contributed by atoms with Crippen LogP contribution in [0.3, 0.4) is 0 Å². The van der Waals surface area contributed by atoms with Crippen molar-refractivity contribution in [1.29, 1.82) is 0 Å². The van der Waals surface area contributed by atoms with E-state index in [-0.39, 0.29) is 18.3 Å². The summed E-state index contributed by atoms with van der Waals surface area (Å²) in [5.41, 5.74) is -0.198. The summed E-state index contributed by atoms with van der Waals surface area (Å²) in [5, 5.41) is 5.82. The zero-order chi connectivity index (χ0) is 13.5. The number of rotatable bonds is 2. The van der Waals surface area contributed by atoms with Crippen molar-refractivity contribution in [2.45, 2.75) is 18.5 Å². The van der Waals surface area contributed by atoms with Crippen LogP contribution in [0.5, 0.6) is 0 Å². The zero-order valence-corrected chi connectivity index (χ0v) is 10.3. The van der Waals surface area contributed by atoms with Gasteiger partial charge in [0.25, 0.3) is 5.91 Å². The Morgan fingerprint density at radius 1 is 1.37 bits per heavy atom. The van der Waals surface area contributed by atoms with Gasteiger partial charge in [0.05, 0.1) is 6.54 Å². The number of nitrogens with zero attached hydrogens (tertiary/aromatic N) is 1. The van der Waals surface area contributed by atoms with Crippen molar-refractivity contribution in [3.63, 3.8) is 0 Å². The maximum Gasteiger partial charge on any atom is 0.325 e. The third kappa shape index (κ3) is 1.98. The second-order valence-corrected chi connectivity index (χ2v) is 4.96. The lowest BCUT2D eigenvalue weighted by Crippen LogP contribution is -2.48. The third-order valence-electron chi connectivity index (χ3n) is 3.63. The second-order valence-electron chi connectivity index (χ2n) is 4.96. The highest BCUT2D eigenvalue weighted by Crippen LogP contribution is 2.25. The molecule has 1 atom stereocenters. The Kier molecular flexibility index (Phi) is 2.74. The van der Waals surface area contributed by atoms with E-state index in [1.807, 2.05) is 0 Å². The van der Waals surface area contributed by atoms with Gasteiger partial charge < -0.3 is 10.6 Å². The van der Waals surface area contributed by atoms with E-state index in [9.17, 15) is 14.0 Å². The van der Waals surface area contributed by atoms with Gasteiger partial charge in [0, 0.05) is 6.54 Å². The molecule has 1 aromatic rings. The molecule has 0 aliphatic carbocycles. The summed E-state index contributed by atoms with van der Waals surface area (Å²) in [4.78, 5) is 25.4. The van der Waals surface area contributed by atoms with Crippen LogP contribution in [0, 0.1) is 5.82 Å². The molecule has 2 fully saturated rings. The van der Waals surface area contributed by atoms with Crippen molar-refractivity contribution in [1.82, 2.24) is 15.5 Å². The molecule has 1 aromatic carbocycles. The van der Waals surface area contributed by atoms with Gasteiger partial charge >= 0.3 is 6.03 Å². The first-order chi connectivity index (χ1) is 9.11. The molecule has 6 heteroatoms. The van der Waals surface area contributed by atoms with Crippen LogP contribution >= 0.6 is 0 Å². The van der Waals surface area contributed by atoms with Gasteiger partial charge in [0.15, 0.2) is 0 Å². The standard InChI is InChI=1S/C13H14FN3O2/c14-10-3-1-2-9(6-10)7-17-11(18)13(16-12(17)19)4-5-15-8-13/h1-3,6,15H,4-5,7-8H2,(H,16,19). The van der Waals surface area contributed by atoms with Crippen LogP contribution in [0.4, 0.5) is 9.18 Å². The molecule has 2 saturated heterocycles. The van der Waals surface area contributed by atoms with Gasteiger partial charge in [-0.3, -0.25) is 9.69 Å². The van der Waals surface area contributed by atoms with Gasteiger partial charge in [-0.1, -0.05) is 12.1 Å². The fourth-order valence-electron chi connectivity index (χ4n) is 2.62. The lowest BCUT2D eigenvalue weighted by atomic mass is 9.99. The molecule has 5 nitrogen and oxygen atoms in total. The van der Waals surface area contributed by atoms with E-state index < -0.39 is 11.6 Å². The fraction of sp³-hybridized carbons (Fsp3) is 0.385. The number of hydrogen-bond donors (Lipinski definition) is 2. The molecule has 2 heterocycles. The van der Waals surface area contributed by atoms with E-state index in [1.54, 1.807) is 12.1 Å². The van der Waals surface area contributed by atoms with Crippen LogP contribution in [0.25, 0.3) is 0 Å². The first-order valence-electron chi connectivity index (χ1n) is 6.20. The highest BCUT2D eigenvalue weighted by atomic mass is 19.1. The summed E-state index contributed by atoms with van der Waals surface area (Å²) >= 11 is 0. The molecule has 0 bridgehead atoms. The maximum atomic E-state index is 13.1. The average molecular weight is 263 g/mol. The number of imide groups is 1. The summed E-state index contributed by atoms with van der Waals surface area (Å²) in [6, 6.07) is 5.52. The van der Waals surface area contributed by atoms with E-state index in [0.717, 1.165) is 4.90 Å². The quantitative estimate of drug-likeness (QED) is 0.769. The molecular formula is C13H14FN3O2. The van der Waals surface area contributed by atoms with Crippen molar-refractivity contribution < 1.29 is 14.0 Å². The van der Waals surface area contributed by atoms with Crippen LogP contribution in [-0.4, -0.2) is 35.5 Å². The van der Waals surface area contributed by atoms with E-state index >= 15 is 0 Å². The Morgan fingerprint density at radius 2 is 2.21 bits per heavy atom. The first kappa shape index (κ1) is 12.1. The minimum Gasteiger partial charge on any atom is -0.322 e. The van der Waals surface area contributed by atoms with Crippen molar-refractivity contribution in [2.24, 2.45) is 0 Å². The number of nitrogens with one attached hydrogen (secondary N) is 2. The monoisotopic (exact) mass is 263 g/mol. The van der Waals surface area contributed by atoms with Crippen LogP contribution in [0.15, 0.2) is 24.3 Å². The Bertz CT molecular complexity index is 540. The predicted octanol–water partition coefficient (Wildman–Crippen LogP) is 0.610. The SMILES string of the molecule is O=C1NC2(CCNC2)C(=O)N1Cc1cccc(F)c1. The average Bonchev–Trinajstić information content (AvgIpc) is 2.92. The zero-order valence-electron chi connectivity index (χ0n) is 10.3. The van der Waals surface area contributed by atoms with Crippen LogP contribution < -0.4 is 10.6 Å². The maximum absolute atomic E-state index is 13.1. The van der Waals surface area contributed by atoms with Crippen molar-refractivity contribution in [3.05, 3.63) is 35.6 Å². The Balaban J connectivity index is 1.82. The first-order valence-corrected chi connectivity index (χ1v) is 6.20. The summed E-state index contributed by atoms with van der Waals surface area (Å²) in [7, 11) is 0. The largest absolute Gasteiger partial charge is 0.325 e. The molecule has 1 spiro atoms. The smallest absolute Gasteiger partial charge is 0.322 e. The molecule has 2 N–H and O–H groups in total. The minimum absolute atomic E-state index is 0.101. The normalized spacial score (nSPS) is 26.3. The molecule has 3 amide bonds. The van der Waals surface area contributed by atoms with Crippen LogP contribution in [0.1, 0.15) is 12.0 Å². The van der Waals surface area contributed by atoms with Gasteiger partial charge in [0.2, 0.25) is 0 Å². The molecule has 1 unspecified atom stereocenters. The lowest BCUT2D eigenvalue weighted by molar-refractivity contribution is -0.131. The third-order valence-corrected chi connectivity index (χ3v) is 3.63. The molecular weight excluding hydrogens is 249 g/mol. The van der Waals surface area contributed by atoms with Crippen LogP contribution in [0.2, 0.25) is 0 Å². The Hall–Kier alpha value is -1.95. The molecule has 3 rings (SSSR count). The molecule has 0 saturated carbocycles. The van der Waals surface area contributed by atoms with Gasteiger partial charge in [-0.25, -0.2) is 9.18 Å². The number of amides is 3. The Morgan fingerprint density at radius 3 is 2.89 bits per heavy atom. The van der Waals surface area contributed by atoms with E-state index in [1.165, 1.54) is 12.1 Å². The molecule has 2 aliphatic heterocycles. The number of halogens is 1. The number of urea groups is 1. The predicted molar refractivity (Wildman–Crippen MR) is 65.7 cm³/mol. The van der Waals surface area contributed by atoms with E-state index in [0.29, 0.717) is 25.1 Å². The van der Waals surface area contributed by atoms with Gasteiger partial charge in [-0.2, -0.15) is 0 Å². The van der Waals surface area contributed by atoms with Crippen molar-refractivity contribution >= 4 is 11.9 Å². The topological polar surface area (TPSA) is 61.4 Å². The summed E-state index contributed by atoms with van der Waals surface area (Å²) in [6.07, 6.45) is 0.594. The number of carbonyl (C=O) groups is 2. The minimum atomic E-state index is -0.801. The highest BCUT2D eigenvalue weighted by molar-refractivity contribution is 6.07. The number of carbonyl (C=O) groups excluding carboxylic acids is 2. The van der Waals surface area contributed by atoms with Crippen molar-refractivity contribution in [3.8, 4) is 0 Å². The molecule has 100 valence electrons.